The summed E-state index contributed by atoms with van der Waals surface area (Å²) < 4.78 is 21.0. The van der Waals surface area contributed by atoms with Crippen molar-refractivity contribution in [1.29, 1.82) is 0 Å². The van der Waals surface area contributed by atoms with E-state index in [-0.39, 0.29) is 23.2 Å². The first-order chi connectivity index (χ1) is 19.0. The van der Waals surface area contributed by atoms with Gasteiger partial charge in [-0.2, -0.15) is 5.10 Å². The van der Waals surface area contributed by atoms with Crippen molar-refractivity contribution in [3.8, 4) is 16.9 Å². The number of fused-ring (bicyclic) bond motifs is 1. The number of aromatic nitrogens is 2. The Morgan fingerprint density at radius 1 is 1.18 bits per heavy atom. The lowest BCUT2D eigenvalue weighted by atomic mass is 10.0. The van der Waals surface area contributed by atoms with Crippen molar-refractivity contribution in [2.24, 2.45) is 0 Å². The predicted octanol–water partition coefficient (Wildman–Crippen LogP) is 7.74. The summed E-state index contributed by atoms with van der Waals surface area (Å²) in [5.41, 5.74) is 4.64. The summed E-state index contributed by atoms with van der Waals surface area (Å²) in [6, 6.07) is 11.8. The molecule has 1 amide bonds. The van der Waals surface area contributed by atoms with Crippen LogP contribution in [0.1, 0.15) is 73.8 Å². The highest BCUT2D eigenvalue weighted by molar-refractivity contribution is 9.10. The van der Waals surface area contributed by atoms with Crippen molar-refractivity contribution in [2.75, 3.05) is 20.3 Å². The highest BCUT2D eigenvalue weighted by Crippen LogP contribution is 2.41. The number of halogens is 1. The fraction of sp³-hybridized carbons (Fsp3) is 0.484. The third-order valence-corrected chi connectivity index (χ3v) is 13.9. The topological polar surface area (TPSA) is 65.8 Å². The van der Waals surface area contributed by atoms with E-state index in [4.69, 9.17) is 13.9 Å². The molecule has 2 aromatic carbocycles. The van der Waals surface area contributed by atoms with Crippen LogP contribution in [0, 0.1) is 0 Å². The summed E-state index contributed by atoms with van der Waals surface area (Å²) >= 11 is 3.78. The van der Waals surface area contributed by atoms with Gasteiger partial charge in [0.25, 0.3) is 5.91 Å². The Kier molecular flexibility index (Phi) is 8.30. The molecule has 40 heavy (non-hydrogen) atoms. The summed E-state index contributed by atoms with van der Waals surface area (Å²) in [6.07, 6.45) is 7.05. The molecule has 214 valence electrons. The van der Waals surface area contributed by atoms with Gasteiger partial charge >= 0.3 is 0 Å². The summed E-state index contributed by atoms with van der Waals surface area (Å²) in [4.78, 5) is 16.0. The van der Waals surface area contributed by atoms with Gasteiger partial charge in [-0.15, -0.1) is 0 Å². The van der Waals surface area contributed by atoms with Crippen LogP contribution in [0.4, 0.5) is 0 Å². The molecule has 7 nitrogen and oxygen atoms in total. The van der Waals surface area contributed by atoms with Crippen molar-refractivity contribution in [2.45, 2.75) is 77.0 Å². The number of carbonyl (C=O) groups is 1. The van der Waals surface area contributed by atoms with Crippen LogP contribution >= 0.6 is 15.9 Å². The van der Waals surface area contributed by atoms with Crippen LogP contribution in [0.2, 0.25) is 18.1 Å². The Labute approximate surface area is 247 Å². The number of methoxy groups -OCH3 is 1. The smallest absolute Gasteiger partial charge is 0.255 e. The number of amides is 1. The lowest BCUT2D eigenvalue weighted by Gasteiger charge is -2.39. The van der Waals surface area contributed by atoms with E-state index in [1.807, 2.05) is 46.2 Å². The van der Waals surface area contributed by atoms with Crippen molar-refractivity contribution >= 4 is 30.2 Å². The number of hydrogen-bond donors (Lipinski definition) is 0. The average molecular weight is 627 g/mol. The summed E-state index contributed by atoms with van der Waals surface area (Å²) in [5.74, 6) is 0.772. The first-order valence-electron chi connectivity index (χ1n) is 14.1. The molecule has 2 aliphatic rings. The van der Waals surface area contributed by atoms with Crippen LogP contribution in [0.3, 0.4) is 0 Å². The minimum atomic E-state index is -2.05. The van der Waals surface area contributed by atoms with Crippen molar-refractivity contribution < 1.29 is 18.7 Å². The van der Waals surface area contributed by atoms with E-state index in [0.717, 1.165) is 58.3 Å². The molecule has 0 saturated carbocycles. The first kappa shape index (κ1) is 29.0. The third kappa shape index (κ3) is 5.79. The molecule has 2 aliphatic heterocycles. The minimum Gasteiger partial charge on any atom is -0.497 e. The fourth-order valence-electron chi connectivity index (χ4n) is 5.10. The third-order valence-electron chi connectivity index (χ3n) is 8.66. The SMILES string of the molecule is COc1cccc(C(CO[Si](C)(C)C(C)(C)C)N2Cc3c(Br)cc(-c4cnn(C5CCCCO5)c4)cc3C2=O)c1. The van der Waals surface area contributed by atoms with E-state index < -0.39 is 8.32 Å². The molecule has 0 bridgehead atoms. The number of nitrogens with zero attached hydrogens (tertiary/aromatic N) is 3. The molecule has 3 heterocycles. The molecule has 0 spiro atoms. The summed E-state index contributed by atoms with van der Waals surface area (Å²) in [5, 5.41) is 4.65. The summed E-state index contributed by atoms with van der Waals surface area (Å²) in [6.45, 7) is 12.9. The van der Waals surface area contributed by atoms with Gasteiger partial charge in [-0.05, 0) is 78.4 Å². The zero-order valence-electron chi connectivity index (χ0n) is 24.4. The zero-order chi connectivity index (χ0) is 28.7. The Morgan fingerprint density at radius 2 is 1.98 bits per heavy atom. The van der Waals surface area contributed by atoms with Crippen LogP contribution in [-0.2, 0) is 15.7 Å². The van der Waals surface area contributed by atoms with E-state index in [1.54, 1.807) is 7.11 Å². The molecule has 1 saturated heterocycles. The molecule has 9 heteroatoms. The standard InChI is InChI=1S/C31H40BrN3O4Si/c1-31(2,3)40(5,6)39-20-28(21-10-9-11-24(14-21)37-4)34-19-26-25(30(34)36)15-22(16-27(26)32)23-17-33-35(18-23)29-12-7-8-13-38-29/h9-11,14-18,28-29H,7-8,12-13,19-20H2,1-6H3. The number of hydrogen-bond acceptors (Lipinski definition) is 5. The number of rotatable bonds is 8. The molecule has 1 fully saturated rings. The Hall–Kier alpha value is -2.46. The van der Waals surface area contributed by atoms with Crippen LogP contribution in [0.5, 0.6) is 5.75 Å². The van der Waals surface area contributed by atoms with Crippen molar-refractivity contribution in [1.82, 2.24) is 14.7 Å². The van der Waals surface area contributed by atoms with Gasteiger partial charge in [-0.25, -0.2) is 4.68 Å². The highest BCUT2D eigenvalue weighted by atomic mass is 79.9. The van der Waals surface area contributed by atoms with Gasteiger partial charge in [-0.1, -0.05) is 48.8 Å². The van der Waals surface area contributed by atoms with Gasteiger partial charge in [0.2, 0.25) is 0 Å². The normalized spacial score (nSPS) is 18.6. The Bertz CT molecular complexity index is 1380. The van der Waals surface area contributed by atoms with Crippen molar-refractivity contribution in [3.63, 3.8) is 0 Å². The molecule has 2 unspecified atom stereocenters. The maximum atomic E-state index is 14.1. The van der Waals surface area contributed by atoms with E-state index >= 15 is 0 Å². The minimum absolute atomic E-state index is 0.00667. The number of ether oxygens (including phenoxy) is 2. The van der Waals surface area contributed by atoms with Crippen LogP contribution in [-0.4, -0.2) is 49.2 Å². The van der Waals surface area contributed by atoms with E-state index in [0.29, 0.717) is 18.7 Å². The van der Waals surface area contributed by atoms with E-state index in [1.165, 1.54) is 0 Å². The molecule has 0 N–H and O–H groups in total. The van der Waals surface area contributed by atoms with Crippen molar-refractivity contribution in [3.05, 3.63) is 70.0 Å². The van der Waals surface area contributed by atoms with Gasteiger partial charge in [0, 0.05) is 34.9 Å². The van der Waals surface area contributed by atoms with Gasteiger partial charge in [-0.3, -0.25) is 4.79 Å². The lowest BCUT2D eigenvalue weighted by Crippen LogP contribution is -2.43. The van der Waals surface area contributed by atoms with E-state index in [2.05, 4.69) is 67.0 Å². The Balaban J connectivity index is 1.45. The fourth-order valence-corrected chi connectivity index (χ4v) is 6.69. The largest absolute Gasteiger partial charge is 0.497 e. The van der Waals surface area contributed by atoms with Gasteiger partial charge in [0.15, 0.2) is 8.32 Å². The van der Waals surface area contributed by atoms with Crippen LogP contribution < -0.4 is 4.74 Å². The quantitative estimate of drug-likeness (QED) is 0.240. The second-order valence-electron chi connectivity index (χ2n) is 12.3. The maximum Gasteiger partial charge on any atom is 0.255 e. The first-order valence-corrected chi connectivity index (χ1v) is 17.8. The maximum absolute atomic E-state index is 14.1. The molecule has 5 rings (SSSR count). The molecular formula is C31H40BrN3O4Si. The van der Waals surface area contributed by atoms with E-state index in [9.17, 15) is 4.79 Å². The average Bonchev–Trinajstić information content (AvgIpc) is 3.55. The van der Waals surface area contributed by atoms with Gasteiger partial charge in [0.05, 0.1) is 26.0 Å². The highest BCUT2D eigenvalue weighted by Gasteiger charge is 2.40. The monoisotopic (exact) mass is 625 g/mol. The van der Waals surface area contributed by atoms with Crippen LogP contribution in [0.25, 0.3) is 11.1 Å². The summed E-state index contributed by atoms with van der Waals surface area (Å²) in [7, 11) is -0.384. The van der Waals surface area contributed by atoms with Gasteiger partial charge < -0.3 is 18.8 Å². The second-order valence-corrected chi connectivity index (χ2v) is 18.0. The molecular weight excluding hydrogens is 586 g/mol. The molecule has 3 aromatic rings. The Morgan fingerprint density at radius 3 is 2.67 bits per heavy atom. The molecule has 0 aliphatic carbocycles. The number of benzene rings is 2. The molecule has 0 radical (unpaired) electrons. The molecule has 2 atom stereocenters. The van der Waals surface area contributed by atoms with Crippen LogP contribution in [0.15, 0.2) is 53.3 Å². The lowest BCUT2D eigenvalue weighted by molar-refractivity contribution is -0.0394. The second kappa shape index (κ2) is 11.4. The number of carbonyl (C=O) groups excluding carboxylic acids is 1. The zero-order valence-corrected chi connectivity index (χ0v) is 27.0. The molecule has 1 aromatic heterocycles. The van der Waals surface area contributed by atoms with Gasteiger partial charge in [0.1, 0.15) is 12.0 Å². The predicted molar refractivity (Wildman–Crippen MR) is 163 cm³/mol.